The summed E-state index contributed by atoms with van der Waals surface area (Å²) in [7, 11) is 7.02. The second-order valence-electron chi connectivity index (χ2n) is 5.94. The standard InChI is InChI=1S/C15H23ClN6O2/c1-10(16)6-8-22-11-12(18-14(22)17-7-9-19(2)3)20(4)15(24)21(5)13(11)23/h6H,7-9H2,1-5H3,(H,17,18)/b10-6+. The first-order valence-electron chi connectivity index (χ1n) is 7.61. The number of nitrogens with zero attached hydrogens (tertiary/aromatic N) is 5. The zero-order valence-electron chi connectivity index (χ0n) is 14.6. The van der Waals surface area contributed by atoms with Crippen LogP contribution in [0, 0.1) is 0 Å². The zero-order chi connectivity index (χ0) is 18.0. The number of anilines is 1. The van der Waals surface area contributed by atoms with Gasteiger partial charge in [0.25, 0.3) is 5.56 Å². The predicted molar refractivity (Wildman–Crippen MR) is 96.9 cm³/mol. The maximum atomic E-state index is 12.6. The second kappa shape index (κ2) is 7.23. The van der Waals surface area contributed by atoms with Crippen LogP contribution in [0.1, 0.15) is 6.92 Å². The number of halogens is 1. The number of nitrogens with one attached hydrogen (secondary N) is 1. The third kappa shape index (κ3) is 3.54. The lowest BCUT2D eigenvalue weighted by Crippen LogP contribution is -2.37. The largest absolute Gasteiger partial charge is 0.354 e. The normalized spacial score (nSPS) is 12.4. The Morgan fingerprint density at radius 1 is 1.29 bits per heavy atom. The van der Waals surface area contributed by atoms with E-state index in [1.54, 1.807) is 24.6 Å². The van der Waals surface area contributed by atoms with Gasteiger partial charge in [-0.25, -0.2) is 4.79 Å². The number of likely N-dealkylation sites (N-methyl/N-ethyl adjacent to an activating group) is 1. The SMILES string of the molecule is C/C(Cl)=C\Cn1c(NCCN(C)C)nc2c1c(=O)n(C)c(=O)n2C. The van der Waals surface area contributed by atoms with Crippen LogP contribution in [0.3, 0.4) is 0 Å². The van der Waals surface area contributed by atoms with Crippen LogP contribution < -0.4 is 16.6 Å². The molecule has 1 N–H and O–H groups in total. The Balaban J connectivity index is 2.63. The van der Waals surface area contributed by atoms with Gasteiger partial charge < -0.3 is 14.8 Å². The first-order chi connectivity index (χ1) is 11.2. The lowest BCUT2D eigenvalue weighted by atomic mass is 10.4. The van der Waals surface area contributed by atoms with E-state index < -0.39 is 5.69 Å². The van der Waals surface area contributed by atoms with E-state index in [0.29, 0.717) is 35.2 Å². The van der Waals surface area contributed by atoms with E-state index in [-0.39, 0.29) is 5.56 Å². The molecule has 0 saturated carbocycles. The third-order valence-corrected chi connectivity index (χ3v) is 3.90. The average molecular weight is 355 g/mol. The van der Waals surface area contributed by atoms with Gasteiger partial charge in [0.1, 0.15) is 0 Å². The van der Waals surface area contributed by atoms with Crippen molar-refractivity contribution in [3.8, 4) is 0 Å². The third-order valence-electron chi connectivity index (χ3n) is 3.75. The predicted octanol–water partition coefficient (Wildman–Crippen LogP) is 0.550. The van der Waals surface area contributed by atoms with Crippen molar-refractivity contribution in [2.45, 2.75) is 13.5 Å². The number of hydrogen-bond acceptors (Lipinski definition) is 5. The van der Waals surface area contributed by atoms with Crippen LogP contribution in [0.4, 0.5) is 5.95 Å². The fourth-order valence-electron chi connectivity index (χ4n) is 2.37. The van der Waals surface area contributed by atoms with Gasteiger partial charge >= 0.3 is 5.69 Å². The molecule has 0 bridgehead atoms. The van der Waals surface area contributed by atoms with E-state index in [9.17, 15) is 9.59 Å². The minimum atomic E-state index is -0.402. The Morgan fingerprint density at radius 3 is 2.54 bits per heavy atom. The molecule has 0 aromatic carbocycles. The van der Waals surface area contributed by atoms with Crippen molar-refractivity contribution in [3.63, 3.8) is 0 Å². The molecule has 0 aliphatic heterocycles. The Hall–Kier alpha value is -2.06. The molecule has 2 rings (SSSR count). The van der Waals surface area contributed by atoms with Crippen LogP contribution in [-0.2, 0) is 20.6 Å². The van der Waals surface area contributed by atoms with Crippen LogP contribution in [0.25, 0.3) is 11.2 Å². The molecule has 0 fully saturated rings. The van der Waals surface area contributed by atoms with Crippen molar-refractivity contribution < 1.29 is 0 Å². The lowest BCUT2D eigenvalue weighted by molar-refractivity contribution is 0.424. The van der Waals surface area contributed by atoms with Crippen molar-refractivity contribution in [1.82, 2.24) is 23.6 Å². The van der Waals surface area contributed by atoms with Crippen molar-refractivity contribution in [2.24, 2.45) is 14.1 Å². The van der Waals surface area contributed by atoms with Crippen LogP contribution >= 0.6 is 11.6 Å². The van der Waals surface area contributed by atoms with E-state index in [2.05, 4.69) is 10.3 Å². The summed E-state index contributed by atoms with van der Waals surface area (Å²) < 4.78 is 4.21. The highest BCUT2D eigenvalue weighted by Crippen LogP contribution is 2.16. The summed E-state index contributed by atoms with van der Waals surface area (Å²) in [6, 6.07) is 0. The number of allylic oxidation sites excluding steroid dienone is 2. The van der Waals surface area contributed by atoms with Crippen molar-refractivity contribution in [3.05, 3.63) is 31.9 Å². The van der Waals surface area contributed by atoms with E-state index in [0.717, 1.165) is 11.1 Å². The van der Waals surface area contributed by atoms with Gasteiger partial charge in [-0.05, 0) is 21.0 Å². The summed E-state index contributed by atoms with van der Waals surface area (Å²) >= 11 is 5.93. The highest BCUT2D eigenvalue weighted by atomic mass is 35.5. The smallest absolute Gasteiger partial charge is 0.332 e. The molecule has 0 aliphatic carbocycles. The van der Waals surface area contributed by atoms with E-state index in [1.165, 1.54) is 11.6 Å². The average Bonchev–Trinajstić information content (AvgIpc) is 2.87. The summed E-state index contributed by atoms with van der Waals surface area (Å²) in [6.07, 6.45) is 1.80. The molecule has 8 nitrogen and oxygen atoms in total. The van der Waals surface area contributed by atoms with Gasteiger partial charge in [0.2, 0.25) is 5.95 Å². The Kier molecular flexibility index (Phi) is 5.51. The fraction of sp³-hybridized carbons (Fsp3) is 0.533. The fourth-order valence-corrected chi connectivity index (χ4v) is 2.44. The molecule has 9 heteroatoms. The molecule has 0 saturated heterocycles. The minimum absolute atomic E-state index is 0.357. The lowest BCUT2D eigenvalue weighted by Gasteiger charge is -2.12. The van der Waals surface area contributed by atoms with E-state index in [1.807, 2.05) is 19.0 Å². The molecule has 0 aliphatic rings. The van der Waals surface area contributed by atoms with Crippen LogP contribution in [-0.4, -0.2) is 50.8 Å². The van der Waals surface area contributed by atoms with Crippen molar-refractivity contribution in [2.75, 3.05) is 32.5 Å². The quantitative estimate of drug-likeness (QED) is 0.819. The summed E-state index contributed by atoms with van der Waals surface area (Å²) in [5, 5.41) is 3.85. The number of imidazole rings is 1. The van der Waals surface area contributed by atoms with Gasteiger partial charge in [-0.2, -0.15) is 4.98 Å². The van der Waals surface area contributed by atoms with Gasteiger partial charge in [0.05, 0.1) is 0 Å². The topological polar surface area (TPSA) is 77.1 Å². The Bertz CT molecular complexity index is 886. The number of hydrogen-bond donors (Lipinski definition) is 1. The highest BCUT2D eigenvalue weighted by molar-refractivity contribution is 6.29. The number of rotatable bonds is 6. The van der Waals surface area contributed by atoms with E-state index in [4.69, 9.17) is 11.6 Å². The monoisotopic (exact) mass is 354 g/mol. The number of fused-ring (bicyclic) bond motifs is 1. The van der Waals surface area contributed by atoms with Crippen LogP contribution in [0.5, 0.6) is 0 Å². The molecular formula is C15H23ClN6O2. The van der Waals surface area contributed by atoms with Gasteiger partial charge in [-0.3, -0.25) is 13.9 Å². The zero-order valence-corrected chi connectivity index (χ0v) is 15.4. The summed E-state index contributed by atoms with van der Waals surface area (Å²) in [5.41, 5.74) is -0.0415. The summed E-state index contributed by atoms with van der Waals surface area (Å²) in [4.78, 5) is 31.2. The maximum Gasteiger partial charge on any atom is 0.332 e. The Morgan fingerprint density at radius 2 is 1.96 bits per heavy atom. The van der Waals surface area contributed by atoms with Gasteiger partial charge in [-0.1, -0.05) is 17.7 Å². The molecule has 0 spiro atoms. The molecule has 24 heavy (non-hydrogen) atoms. The molecule has 132 valence electrons. The van der Waals surface area contributed by atoms with Gasteiger partial charge in [0.15, 0.2) is 11.2 Å². The molecular weight excluding hydrogens is 332 g/mol. The first kappa shape index (κ1) is 18.3. The molecule has 2 aromatic heterocycles. The molecule has 0 unspecified atom stereocenters. The Labute approximate surface area is 145 Å². The molecule has 2 aromatic rings. The highest BCUT2D eigenvalue weighted by Gasteiger charge is 2.18. The molecule has 0 atom stereocenters. The number of aromatic nitrogens is 4. The van der Waals surface area contributed by atoms with Crippen LogP contribution in [0.2, 0.25) is 0 Å². The van der Waals surface area contributed by atoms with Crippen molar-refractivity contribution in [1.29, 1.82) is 0 Å². The van der Waals surface area contributed by atoms with Crippen LogP contribution in [0.15, 0.2) is 20.7 Å². The molecule has 0 amide bonds. The molecule has 2 heterocycles. The second-order valence-corrected chi connectivity index (χ2v) is 6.54. The van der Waals surface area contributed by atoms with E-state index >= 15 is 0 Å². The number of aryl methyl sites for hydroxylation is 1. The maximum absolute atomic E-state index is 12.6. The van der Waals surface area contributed by atoms with Crippen molar-refractivity contribution >= 4 is 28.7 Å². The summed E-state index contributed by atoms with van der Waals surface area (Å²) in [5.74, 6) is 0.541. The summed E-state index contributed by atoms with van der Waals surface area (Å²) in [6.45, 7) is 3.63. The first-order valence-corrected chi connectivity index (χ1v) is 7.99. The van der Waals surface area contributed by atoms with Gasteiger partial charge in [0, 0.05) is 38.8 Å². The van der Waals surface area contributed by atoms with Gasteiger partial charge in [-0.15, -0.1) is 0 Å². The minimum Gasteiger partial charge on any atom is -0.354 e. The molecule has 0 radical (unpaired) electrons.